The maximum atomic E-state index is 11.7. The molecule has 30 heavy (non-hydrogen) atoms. The number of halogens is 2. The van der Waals surface area contributed by atoms with Crippen LogP contribution in [0, 0.1) is 0 Å². The normalized spacial score (nSPS) is 10.2. The Hall–Kier alpha value is -3.16. The van der Waals surface area contributed by atoms with E-state index in [9.17, 15) is 9.59 Å². The van der Waals surface area contributed by atoms with Gasteiger partial charge in [0.25, 0.3) is 5.91 Å². The van der Waals surface area contributed by atoms with Crippen molar-refractivity contribution in [2.45, 2.75) is 0 Å². The number of ether oxygens (including phenoxy) is 1. The number of carbonyl (C=O) groups is 2. The van der Waals surface area contributed by atoms with E-state index in [1.807, 2.05) is 19.0 Å². The third-order valence-electron chi connectivity index (χ3n) is 3.25. The number of amides is 1. The van der Waals surface area contributed by atoms with Gasteiger partial charge < -0.3 is 37.9 Å². The maximum absolute atomic E-state index is 11.7. The van der Waals surface area contributed by atoms with Crippen molar-refractivity contribution in [3.8, 4) is 0 Å². The molecular weight excluding hydrogens is 439 g/mol. The van der Waals surface area contributed by atoms with Crippen molar-refractivity contribution in [1.29, 1.82) is 0 Å². The molecule has 0 radical (unpaired) electrons. The molecule has 0 saturated carbocycles. The van der Waals surface area contributed by atoms with E-state index < -0.39 is 11.9 Å². The van der Waals surface area contributed by atoms with Crippen LogP contribution >= 0.6 is 23.2 Å². The molecule has 2 heterocycles. The van der Waals surface area contributed by atoms with Crippen LogP contribution in [0.1, 0.15) is 21.0 Å². The van der Waals surface area contributed by atoms with Crippen molar-refractivity contribution in [1.82, 2.24) is 30.2 Å². The van der Waals surface area contributed by atoms with Gasteiger partial charge >= 0.3 is 5.97 Å². The second-order valence-electron chi connectivity index (χ2n) is 5.82. The van der Waals surface area contributed by atoms with Gasteiger partial charge in [-0.1, -0.05) is 23.2 Å². The molecule has 0 aliphatic heterocycles. The first-order valence-electron chi connectivity index (χ1n) is 8.16. The number of hydrogen-bond donors (Lipinski definition) is 5. The number of nitrogens with zero attached hydrogens (tertiary/aromatic N) is 5. The fourth-order valence-corrected chi connectivity index (χ4v) is 2.03. The lowest BCUT2D eigenvalue weighted by Crippen LogP contribution is -2.32. The molecular formula is C15H22Cl2N10O3. The Morgan fingerprint density at radius 1 is 0.900 bits per heavy atom. The van der Waals surface area contributed by atoms with Crippen LogP contribution in [0.15, 0.2) is 0 Å². The molecule has 0 atom stereocenters. The number of rotatable bonds is 5. The van der Waals surface area contributed by atoms with E-state index in [0.29, 0.717) is 13.1 Å². The van der Waals surface area contributed by atoms with Crippen molar-refractivity contribution in [2.75, 3.05) is 57.2 Å². The topological polar surface area (TPSA) is 214 Å². The number of likely N-dealkylation sites (N-methyl/N-ethyl adjacent to an activating group) is 1. The van der Waals surface area contributed by atoms with Crippen LogP contribution in [0.25, 0.3) is 0 Å². The first-order valence-corrected chi connectivity index (χ1v) is 8.91. The molecule has 0 unspecified atom stereocenters. The molecule has 9 N–H and O–H groups in total. The highest BCUT2D eigenvalue weighted by molar-refractivity contribution is 6.32. The predicted molar refractivity (Wildman–Crippen MR) is 114 cm³/mol. The van der Waals surface area contributed by atoms with Gasteiger partial charge in [0.15, 0.2) is 45.0 Å². The van der Waals surface area contributed by atoms with Crippen LogP contribution < -0.4 is 28.3 Å². The highest BCUT2D eigenvalue weighted by Gasteiger charge is 2.16. The molecule has 1 amide bonds. The summed E-state index contributed by atoms with van der Waals surface area (Å²) in [6, 6.07) is 0. The Morgan fingerprint density at radius 3 is 1.83 bits per heavy atom. The van der Waals surface area contributed by atoms with Crippen molar-refractivity contribution in [2.24, 2.45) is 0 Å². The lowest BCUT2D eigenvalue weighted by atomic mass is 10.3. The second kappa shape index (κ2) is 11.1. The first kappa shape index (κ1) is 24.9. The molecule has 2 aromatic rings. The molecule has 164 valence electrons. The van der Waals surface area contributed by atoms with Gasteiger partial charge in [0.05, 0.1) is 7.11 Å². The van der Waals surface area contributed by atoms with Gasteiger partial charge in [-0.15, -0.1) is 0 Å². The van der Waals surface area contributed by atoms with Crippen LogP contribution in [-0.4, -0.2) is 71.0 Å². The number of nitrogens with one attached hydrogen (secondary N) is 1. The van der Waals surface area contributed by atoms with Crippen LogP contribution in [-0.2, 0) is 4.74 Å². The van der Waals surface area contributed by atoms with Crippen LogP contribution in [0.2, 0.25) is 10.3 Å². The number of nitrogen functional groups attached to an aromatic ring is 4. The highest BCUT2D eigenvalue weighted by atomic mass is 35.5. The standard InChI is InChI=1S/C9H15ClN6O.C6H7ClN4O2/c1-16(2)4-3-13-9(17)5-7(11)15-8(12)6(10)14-5;1-13-6(12)2-4(8)11-5(9)3(7)10-2/h3-4H2,1-2H3,(H,13,17)(H4,11,12,15);1H3,(H4,8,9,11). The Kier molecular flexibility index (Phi) is 9.23. The average molecular weight is 461 g/mol. The zero-order valence-electron chi connectivity index (χ0n) is 16.4. The summed E-state index contributed by atoms with van der Waals surface area (Å²) in [4.78, 5) is 39.4. The summed E-state index contributed by atoms with van der Waals surface area (Å²) in [7, 11) is 5.01. The minimum Gasteiger partial charge on any atom is -0.464 e. The smallest absolute Gasteiger partial charge is 0.360 e. The number of aromatic nitrogens is 4. The zero-order valence-corrected chi connectivity index (χ0v) is 18.0. The lowest BCUT2D eigenvalue weighted by Gasteiger charge is -2.11. The van der Waals surface area contributed by atoms with Crippen molar-refractivity contribution < 1.29 is 14.3 Å². The maximum Gasteiger partial charge on any atom is 0.360 e. The largest absolute Gasteiger partial charge is 0.464 e. The van der Waals surface area contributed by atoms with E-state index in [1.54, 1.807) is 0 Å². The monoisotopic (exact) mass is 460 g/mol. The fourth-order valence-electron chi connectivity index (χ4n) is 1.77. The first-order chi connectivity index (χ1) is 14.0. The van der Waals surface area contributed by atoms with Crippen molar-refractivity contribution >= 4 is 58.3 Å². The number of carbonyl (C=O) groups excluding carboxylic acids is 2. The highest BCUT2D eigenvalue weighted by Crippen LogP contribution is 2.18. The third kappa shape index (κ3) is 7.02. The molecule has 0 aliphatic carbocycles. The number of methoxy groups -OCH3 is 1. The Morgan fingerprint density at radius 2 is 1.37 bits per heavy atom. The van der Waals surface area contributed by atoms with Crippen LogP contribution in [0.3, 0.4) is 0 Å². The number of nitrogens with two attached hydrogens (primary N) is 4. The molecule has 2 rings (SSSR count). The molecule has 13 nitrogen and oxygen atoms in total. The quantitative estimate of drug-likeness (QED) is 0.362. The van der Waals surface area contributed by atoms with Gasteiger partial charge in [-0.2, -0.15) is 0 Å². The molecule has 0 fully saturated rings. The van der Waals surface area contributed by atoms with E-state index in [-0.39, 0.29) is 45.0 Å². The second-order valence-corrected chi connectivity index (χ2v) is 6.53. The van der Waals surface area contributed by atoms with Gasteiger partial charge in [0.1, 0.15) is 0 Å². The van der Waals surface area contributed by atoms with E-state index in [4.69, 9.17) is 46.1 Å². The van der Waals surface area contributed by atoms with E-state index in [1.165, 1.54) is 7.11 Å². The molecule has 0 bridgehead atoms. The molecule has 0 spiro atoms. The zero-order chi connectivity index (χ0) is 23.0. The van der Waals surface area contributed by atoms with Gasteiger partial charge in [0.2, 0.25) is 0 Å². The number of hydrogen-bond acceptors (Lipinski definition) is 12. The van der Waals surface area contributed by atoms with Gasteiger partial charge in [-0.05, 0) is 14.1 Å². The molecule has 0 saturated heterocycles. The summed E-state index contributed by atoms with van der Waals surface area (Å²) in [5.74, 6) is -1.27. The average Bonchev–Trinajstić information content (AvgIpc) is 2.67. The van der Waals surface area contributed by atoms with Gasteiger partial charge in [-0.3, -0.25) is 4.79 Å². The van der Waals surface area contributed by atoms with E-state index in [0.717, 1.165) is 0 Å². The summed E-state index contributed by atoms with van der Waals surface area (Å²) in [5, 5.41) is 2.55. The van der Waals surface area contributed by atoms with Gasteiger partial charge in [-0.25, -0.2) is 24.7 Å². The predicted octanol–water partition coefficient (Wildman–Crippen LogP) is -0.333. The Labute approximate surface area is 182 Å². The molecule has 15 heteroatoms. The summed E-state index contributed by atoms with van der Waals surface area (Å²) < 4.78 is 4.39. The van der Waals surface area contributed by atoms with Crippen LogP contribution in [0.4, 0.5) is 23.3 Å². The molecule has 2 aromatic heterocycles. The fraction of sp³-hybridized carbons (Fsp3) is 0.333. The van der Waals surface area contributed by atoms with Gasteiger partial charge in [0, 0.05) is 13.1 Å². The Bertz CT molecular complexity index is 926. The summed E-state index contributed by atoms with van der Waals surface area (Å²) >= 11 is 11.2. The van der Waals surface area contributed by atoms with Crippen molar-refractivity contribution in [3.05, 3.63) is 21.7 Å². The summed E-state index contributed by atoms with van der Waals surface area (Å²) in [5.41, 5.74) is 21.4. The third-order valence-corrected chi connectivity index (χ3v) is 3.80. The SMILES string of the molecule is CN(C)CCNC(=O)c1nc(Cl)c(N)nc1N.COC(=O)c1nc(Cl)c(N)nc1N. The van der Waals surface area contributed by atoms with Crippen molar-refractivity contribution in [3.63, 3.8) is 0 Å². The molecule has 0 aliphatic rings. The number of anilines is 4. The minimum absolute atomic E-state index is 0.00834. The lowest BCUT2D eigenvalue weighted by molar-refractivity contribution is 0.0595. The number of esters is 1. The molecule has 0 aromatic carbocycles. The summed E-state index contributed by atoms with van der Waals surface area (Å²) in [6.07, 6.45) is 0. The summed E-state index contributed by atoms with van der Waals surface area (Å²) in [6.45, 7) is 1.19. The minimum atomic E-state index is -0.702. The van der Waals surface area contributed by atoms with E-state index in [2.05, 4.69) is 30.0 Å². The van der Waals surface area contributed by atoms with Crippen LogP contribution in [0.5, 0.6) is 0 Å². The van der Waals surface area contributed by atoms with E-state index >= 15 is 0 Å². The Balaban J connectivity index is 0.000000311.